The minimum absolute atomic E-state index is 0.480. The molecule has 1 heterocycles. The van der Waals surface area contributed by atoms with E-state index in [1.54, 1.807) is 0 Å². The monoisotopic (exact) mass is 382 g/mol. The van der Waals surface area contributed by atoms with Crippen molar-refractivity contribution in [3.05, 3.63) is 53.1 Å². The van der Waals surface area contributed by atoms with Gasteiger partial charge in [-0.15, -0.1) is 0 Å². The van der Waals surface area contributed by atoms with E-state index < -0.39 is 67.1 Å². The summed E-state index contributed by atoms with van der Waals surface area (Å²) in [5.41, 5.74) is -1.82. The van der Waals surface area contributed by atoms with Gasteiger partial charge in [0, 0.05) is 18.2 Å². The van der Waals surface area contributed by atoms with Crippen LogP contribution >= 0.6 is 0 Å². The molecule has 25 heavy (non-hydrogen) atoms. The van der Waals surface area contributed by atoms with Gasteiger partial charge in [-0.1, -0.05) is 0 Å². The van der Waals surface area contributed by atoms with Gasteiger partial charge in [-0.25, -0.2) is 26.0 Å². The molecule has 0 aliphatic carbocycles. The second kappa shape index (κ2) is 5.65. The van der Waals surface area contributed by atoms with E-state index in [0.717, 1.165) is 6.07 Å². The minimum Gasteiger partial charge on any atom is -0.457 e. The average molecular weight is 382 g/mol. The van der Waals surface area contributed by atoms with Gasteiger partial charge in [0.15, 0.2) is 0 Å². The van der Waals surface area contributed by atoms with Crippen molar-refractivity contribution in [2.45, 2.75) is 23.0 Å². The zero-order valence-electron chi connectivity index (χ0n) is 12.1. The topological polar surface area (TPSA) is 43.4 Å². The highest BCUT2D eigenvalue weighted by molar-refractivity contribution is 7.92. The first-order valence-corrected chi connectivity index (χ1v) is 8.21. The molecule has 0 atom stereocenters. The van der Waals surface area contributed by atoms with E-state index in [4.69, 9.17) is 4.74 Å². The second-order valence-corrected chi connectivity index (χ2v) is 7.32. The van der Waals surface area contributed by atoms with Gasteiger partial charge in [0.05, 0.1) is 16.9 Å². The zero-order valence-corrected chi connectivity index (χ0v) is 12.9. The Morgan fingerprint density at radius 3 is 2.20 bits per heavy atom. The van der Waals surface area contributed by atoms with Crippen molar-refractivity contribution in [3.8, 4) is 11.5 Å². The summed E-state index contributed by atoms with van der Waals surface area (Å²) in [5.74, 6) is -3.22. The Kier molecular flexibility index (Phi) is 3.98. The van der Waals surface area contributed by atoms with Crippen LogP contribution in [0, 0.1) is 11.6 Å². The number of rotatable bonds is 3. The summed E-state index contributed by atoms with van der Waals surface area (Å²) in [4.78, 5) is -0.912. The fourth-order valence-electron chi connectivity index (χ4n) is 2.56. The van der Waals surface area contributed by atoms with E-state index in [9.17, 15) is 34.8 Å². The lowest BCUT2D eigenvalue weighted by Crippen LogP contribution is -2.24. The molecule has 0 radical (unpaired) electrons. The summed E-state index contributed by atoms with van der Waals surface area (Å²) in [6.45, 7) is 0. The van der Waals surface area contributed by atoms with Crippen LogP contribution in [0.3, 0.4) is 0 Å². The lowest BCUT2D eigenvalue weighted by molar-refractivity contribution is 0.0960. The second-order valence-electron chi connectivity index (χ2n) is 5.28. The maximum Gasteiger partial charge on any atom is 0.354 e. The molecule has 0 aromatic heterocycles. The SMILES string of the molecule is O=S1(=O)c2ccc(Oc3cc(F)cc(F)c3)c(C(F)F)c2CC1(F)F. The Morgan fingerprint density at radius 1 is 1.04 bits per heavy atom. The van der Waals surface area contributed by atoms with Gasteiger partial charge in [-0.3, -0.25) is 0 Å². The lowest BCUT2D eigenvalue weighted by Gasteiger charge is -2.14. The first kappa shape index (κ1) is 17.6. The molecule has 3 nitrogen and oxygen atoms in total. The van der Waals surface area contributed by atoms with Crippen molar-refractivity contribution < 1.29 is 39.5 Å². The highest BCUT2D eigenvalue weighted by Gasteiger charge is 2.54. The summed E-state index contributed by atoms with van der Waals surface area (Å²) >= 11 is 0. The molecule has 0 bridgehead atoms. The fraction of sp³-hybridized carbons (Fsp3) is 0.200. The van der Waals surface area contributed by atoms with E-state index in [0.29, 0.717) is 24.3 Å². The Bertz CT molecular complexity index is 936. The van der Waals surface area contributed by atoms with E-state index >= 15 is 0 Å². The van der Waals surface area contributed by atoms with E-state index in [2.05, 4.69) is 0 Å². The van der Waals surface area contributed by atoms with Crippen LogP contribution < -0.4 is 4.74 Å². The number of benzene rings is 2. The molecule has 2 aromatic rings. The fourth-order valence-corrected chi connectivity index (χ4v) is 3.97. The average Bonchev–Trinajstić information content (AvgIpc) is 2.62. The highest BCUT2D eigenvalue weighted by atomic mass is 32.2. The van der Waals surface area contributed by atoms with Crippen molar-refractivity contribution in [1.82, 2.24) is 0 Å². The van der Waals surface area contributed by atoms with E-state index in [1.165, 1.54) is 0 Å². The summed E-state index contributed by atoms with van der Waals surface area (Å²) < 4.78 is 109. The molecular weight excluding hydrogens is 374 g/mol. The van der Waals surface area contributed by atoms with Crippen LogP contribution in [0.1, 0.15) is 17.6 Å². The Labute approximate surface area is 137 Å². The van der Waals surface area contributed by atoms with Crippen molar-refractivity contribution >= 4 is 9.84 Å². The van der Waals surface area contributed by atoms with Crippen LogP contribution in [0.25, 0.3) is 0 Å². The maximum absolute atomic E-state index is 13.6. The Morgan fingerprint density at radius 2 is 1.64 bits per heavy atom. The van der Waals surface area contributed by atoms with Gasteiger partial charge in [0.25, 0.3) is 6.43 Å². The Balaban J connectivity index is 2.15. The predicted octanol–water partition coefficient (Wildman–Crippen LogP) is 4.62. The number of sulfone groups is 1. The van der Waals surface area contributed by atoms with Crippen molar-refractivity contribution in [2.75, 3.05) is 0 Å². The van der Waals surface area contributed by atoms with Gasteiger partial charge in [-0.2, -0.15) is 8.78 Å². The summed E-state index contributed by atoms with van der Waals surface area (Å²) in [6, 6.07) is 3.40. The third kappa shape index (κ3) is 2.84. The number of ether oxygens (including phenoxy) is 1. The highest BCUT2D eigenvalue weighted by Crippen LogP contribution is 2.48. The van der Waals surface area contributed by atoms with Gasteiger partial charge in [0.2, 0.25) is 9.84 Å². The molecule has 2 aromatic carbocycles. The third-order valence-electron chi connectivity index (χ3n) is 3.62. The minimum atomic E-state index is -5.09. The molecule has 0 spiro atoms. The molecule has 0 unspecified atom stereocenters. The van der Waals surface area contributed by atoms with Crippen LogP contribution in [0.15, 0.2) is 35.2 Å². The molecule has 1 aliphatic rings. The molecule has 0 saturated heterocycles. The third-order valence-corrected chi connectivity index (χ3v) is 5.51. The molecule has 10 heteroatoms. The summed E-state index contributed by atoms with van der Waals surface area (Å²) in [6.07, 6.45) is -4.77. The molecule has 0 saturated carbocycles. The van der Waals surface area contributed by atoms with Crippen molar-refractivity contribution in [2.24, 2.45) is 0 Å². The standard InChI is InChI=1S/C15H8F6O3S/c16-7-3-8(17)5-9(4-7)24-11-1-2-12-10(13(11)14(18)19)6-15(20,21)25(12,22)23/h1-5,14H,6H2. The molecule has 0 N–H and O–H groups in total. The van der Waals surface area contributed by atoms with Crippen LogP contribution in [-0.4, -0.2) is 13.7 Å². The lowest BCUT2D eigenvalue weighted by atomic mass is 10.0. The zero-order chi connectivity index (χ0) is 18.6. The number of fused-ring (bicyclic) bond motifs is 1. The van der Waals surface area contributed by atoms with Crippen LogP contribution in [-0.2, 0) is 16.3 Å². The first-order valence-electron chi connectivity index (χ1n) is 6.73. The number of hydrogen-bond acceptors (Lipinski definition) is 3. The van der Waals surface area contributed by atoms with Crippen LogP contribution in [0.5, 0.6) is 11.5 Å². The van der Waals surface area contributed by atoms with Gasteiger partial charge < -0.3 is 4.74 Å². The number of halogens is 6. The quantitative estimate of drug-likeness (QED) is 0.728. The molecule has 0 fully saturated rings. The molecule has 3 rings (SSSR count). The molecule has 0 amide bonds. The van der Waals surface area contributed by atoms with Crippen LogP contribution in [0.4, 0.5) is 26.3 Å². The van der Waals surface area contributed by atoms with Gasteiger partial charge >= 0.3 is 5.25 Å². The Hall–Kier alpha value is -2.23. The van der Waals surface area contributed by atoms with Gasteiger partial charge in [0.1, 0.15) is 23.1 Å². The van der Waals surface area contributed by atoms with E-state index in [-0.39, 0.29) is 0 Å². The predicted molar refractivity (Wildman–Crippen MR) is 73.7 cm³/mol. The van der Waals surface area contributed by atoms with E-state index in [1.807, 2.05) is 0 Å². The van der Waals surface area contributed by atoms with Crippen molar-refractivity contribution in [3.63, 3.8) is 0 Å². The largest absolute Gasteiger partial charge is 0.457 e. The summed E-state index contributed by atoms with van der Waals surface area (Å²) in [5, 5.41) is -4.22. The smallest absolute Gasteiger partial charge is 0.354 e. The normalized spacial score (nSPS) is 17.6. The molecular formula is C15H8F6O3S. The maximum atomic E-state index is 13.6. The number of alkyl halides is 4. The van der Waals surface area contributed by atoms with Crippen molar-refractivity contribution in [1.29, 1.82) is 0 Å². The molecule has 134 valence electrons. The molecule has 1 aliphatic heterocycles. The first-order chi connectivity index (χ1) is 11.5. The van der Waals surface area contributed by atoms with Crippen LogP contribution in [0.2, 0.25) is 0 Å². The number of hydrogen-bond donors (Lipinski definition) is 0. The summed E-state index contributed by atoms with van der Waals surface area (Å²) in [7, 11) is -5.09. The van der Waals surface area contributed by atoms with Gasteiger partial charge in [-0.05, 0) is 17.7 Å².